The van der Waals surface area contributed by atoms with Crippen LogP contribution in [0.3, 0.4) is 0 Å². The third-order valence-electron chi connectivity index (χ3n) is 2.15. The number of hydrogen-bond acceptors (Lipinski definition) is 3. The van der Waals surface area contributed by atoms with Crippen LogP contribution in [-0.2, 0) is 4.79 Å². The van der Waals surface area contributed by atoms with Gasteiger partial charge in [-0.3, -0.25) is 4.79 Å². The van der Waals surface area contributed by atoms with Crippen LogP contribution >= 0.6 is 11.8 Å². The lowest BCUT2D eigenvalue weighted by molar-refractivity contribution is -0.115. The molecule has 3 nitrogen and oxygen atoms in total. The van der Waals surface area contributed by atoms with Crippen LogP contribution in [0.1, 0.15) is 0 Å². The highest BCUT2D eigenvalue weighted by Crippen LogP contribution is 2.35. The van der Waals surface area contributed by atoms with E-state index in [4.69, 9.17) is 0 Å². The zero-order chi connectivity index (χ0) is 10.8. The number of rotatable bonds is 2. The summed E-state index contributed by atoms with van der Waals surface area (Å²) < 4.78 is 12.9. The van der Waals surface area contributed by atoms with Crippen molar-refractivity contribution in [3.63, 3.8) is 0 Å². The Hall–Kier alpha value is -1.07. The molecule has 1 aromatic rings. The second-order valence-corrected chi connectivity index (χ2v) is 4.54. The number of fused-ring (bicyclic) bond motifs is 1. The van der Waals surface area contributed by atoms with E-state index in [9.17, 15) is 9.18 Å². The minimum absolute atomic E-state index is 0.0764. The molecular weight excluding hydrogens is 215 g/mol. The molecule has 1 heterocycles. The number of benzene rings is 1. The molecule has 2 N–H and O–H groups in total. The van der Waals surface area contributed by atoms with Gasteiger partial charge in [-0.15, -0.1) is 11.8 Å². The number of hydrogen-bond donors (Lipinski definition) is 2. The van der Waals surface area contributed by atoms with Crippen LogP contribution in [0.2, 0.25) is 0 Å². The smallest absolute Gasteiger partial charge is 0.239 e. The SMILES string of the molecule is CNCC1Sc2ccc(F)cc2NC1=O. The molecule has 0 fully saturated rings. The first-order valence-electron chi connectivity index (χ1n) is 4.62. The first-order chi connectivity index (χ1) is 7.20. The first-order valence-corrected chi connectivity index (χ1v) is 5.50. The average molecular weight is 226 g/mol. The summed E-state index contributed by atoms with van der Waals surface area (Å²) >= 11 is 1.46. The predicted octanol–water partition coefficient (Wildman–Crippen LogP) is 1.46. The molecule has 0 radical (unpaired) electrons. The lowest BCUT2D eigenvalue weighted by Gasteiger charge is -2.23. The quantitative estimate of drug-likeness (QED) is 0.802. The third kappa shape index (κ3) is 2.13. The van der Waals surface area contributed by atoms with E-state index in [1.807, 2.05) is 0 Å². The minimum atomic E-state index is -0.332. The van der Waals surface area contributed by atoms with Crippen molar-refractivity contribution in [2.45, 2.75) is 10.1 Å². The summed E-state index contributed by atoms with van der Waals surface area (Å²) in [4.78, 5) is 12.5. The minimum Gasteiger partial charge on any atom is -0.324 e. The van der Waals surface area contributed by atoms with Gasteiger partial charge in [0.15, 0.2) is 0 Å². The van der Waals surface area contributed by atoms with Crippen molar-refractivity contribution < 1.29 is 9.18 Å². The molecule has 80 valence electrons. The highest BCUT2D eigenvalue weighted by molar-refractivity contribution is 8.01. The average Bonchev–Trinajstić information content (AvgIpc) is 2.20. The Balaban J connectivity index is 2.26. The molecule has 1 aliphatic heterocycles. The Morgan fingerprint density at radius 3 is 3.13 bits per heavy atom. The highest BCUT2D eigenvalue weighted by atomic mass is 32.2. The van der Waals surface area contributed by atoms with Crippen LogP contribution in [-0.4, -0.2) is 24.7 Å². The summed E-state index contributed by atoms with van der Waals surface area (Å²) in [6.45, 7) is 0.604. The van der Waals surface area contributed by atoms with E-state index in [2.05, 4.69) is 10.6 Å². The Kier molecular flexibility index (Phi) is 2.93. The van der Waals surface area contributed by atoms with Crippen molar-refractivity contribution in [2.75, 3.05) is 18.9 Å². The Bertz CT molecular complexity index is 397. The maximum Gasteiger partial charge on any atom is 0.239 e. The largest absolute Gasteiger partial charge is 0.324 e. The summed E-state index contributed by atoms with van der Waals surface area (Å²) in [6, 6.07) is 4.44. The van der Waals surface area contributed by atoms with Crippen molar-refractivity contribution in [1.29, 1.82) is 0 Å². The number of anilines is 1. The standard InChI is InChI=1S/C10H11FN2OS/c1-12-5-9-10(14)13-7-4-6(11)2-3-8(7)15-9/h2-4,9,12H,5H2,1H3,(H,13,14). The Labute approximate surface area is 91.4 Å². The second kappa shape index (κ2) is 4.20. The molecular formula is C10H11FN2OS. The van der Waals surface area contributed by atoms with Crippen LogP contribution in [0.25, 0.3) is 0 Å². The Morgan fingerprint density at radius 2 is 2.40 bits per heavy atom. The van der Waals surface area contributed by atoms with Gasteiger partial charge in [0.25, 0.3) is 0 Å². The van der Waals surface area contributed by atoms with Crippen molar-refractivity contribution >= 4 is 23.4 Å². The Morgan fingerprint density at radius 1 is 1.60 bits per heavy atom. The zero-order valence-corrected chi connectivity index (χ0v) is 9.03. The van der Waals surface area contributed by atoms with Crippen LogP contribution in [0, 0.1) is 5.82 Å². The number of amides is 1. The first kappa shape index (κ1) is 10.4. The van der Waals surface area contributed by atoms with Gasteiger partial charge < -0.3 is 10.6 Å². The maximum atomic E-state index is 12.9. The monoisotopic (exact) mass is 226 g/mol. The van der Waals surface area contributed by atoms with Gasteiger partial charge in [-0.25, -0.2) is 4.39 Å². The predicted molar refractivity (Wildman–Crippen MR) is 58.6 cm³/mol. The fourth-order valence-electron chi connectivity index (χ4n) is 1.44. The van der Waals surface area contributed by atoms with E-state index in [-0.39, 0.29) is 17.0 Å². The molecule has 15 heavy (non-hydrogen) atoms. The molecule has 1 aliphatic rings. The fraction of sp³-hybridized carbons (Fsp3) is 0.300. The molecule has 0 bridgehead atoms. The molecule has 5 heteroatoms. The van der Waals surface area contributed by atoms with Crippen molar-refractivity contribution in [2.24, 2.45) is 0 Å². The van der Waals surface area contributed by atoms with E-state index in [1.54, 1.807) is 13.1 Å². The summed E-state index contributed by atoms with van der Waals surface area (Å²) in [5, 5.41) is 5.50. The van der Waals surface area contributed by atoms with Gasteiger partial charge in [-0.05, 0) is 25.2 Å². The molecule has 1 unspecified atom stereocenters. The zero-order valence-electron chi connectivity index (χ0n) is 8.21. The van der Waals surface area contributed by atoms with Crippen molar-refractivity contribution in [1.82, 2.24) is 5.32 Å². The topological polar surface area (TPSA) is 41.1 Å². The molecule has 1 atom stereocenters. The van der Waals surface area contributed by atoms with Crippen LogP contribution < -0.4 is 10.6 Å². The molecule has 0 spiro atoms. The van der Waals surface area contributed by atoms with E-state index >= 15 is 0 Å². The van der Waals surface area contributed by atoms with E-state index in [0.717, 1.165) is 4.90 Å². The van der Waals surface area contributed by atoms with Crippen molar-refractivity contribution in [3.8, 4) is 0 Å². The summed E-state index contributed by atoms with van der Waals surface area (Å²) in [5.74, 6) is -0.408. The fourth-order valence-corrected chi connectivity index (χ4v) is 2.55. The normalized spacial score (nSPS) is 19.6. The van der Waals surface area contributed by atoms with Gasteiger partial charge in [0, 0.05) is 11.4 Å². The third-order valence-corrected chi connectivity index (χ3v) is 3.43. The van der Waals surface area contributed by atoms with Crippen molar-refractivity contribution in [3.05, 3.63) is 24.0 Å². The molecule has 0 saturated carbocycles. The lowest BCUT2D eigenvalue weighted by Crippen LogP contribution is -2.36. The number of thioether (sulfide) groups is 1. The van der Waals surface area contributed by atoms with Gasteiger partial charge in [0.2, 0.25) is 5.91 Å². The molecule has 1 amide bonds. The summed E-state index contributed by atoms with van der Waals surface area (Å²) in [7, 11) is 1.80. The summed E-state index contributed by atoms with van der Waals surface area (Å²) in [6.07, 6.45) is 0. The van der Waals surface area contributed by atoms with Gasteiger partial charge in [-0.2, -0.15) is 0 Å². The maximum absolute atomic E-state index is 12.9. The molecule has 0 saturated heterocycles. The second-order valence-electron chi connectivity index (χ2n) is 3.29. The lowest BCUT2D eigenvalue weighted by atomic mass is 10.2. The highest BCUT2D eigenvalue weighted by Gasteiger charge is 2.26. The van der Waals surface area contributed by atoms with E-state index in [0.29, 0.717) is 12.2 Å². The van der Waals surface area contributed by atoms with Crippen LogP contribution in [0.4, 0.5) is 10.1 Å². The van der Waals surface area contributed by atoms with E-state index < -0.39 is 0 Å². The number of carbonyl (C=O) groups excluding carboxylic acids is 1. The van der Waals surface area contributed by atoms with Gasteiger partial charge >= 0.3 is 0 Å². The molecule has 0 aliphatic carbocycles. The molecule has 1 aromatic carbocycles. The van der Waals surface area contributed by atoms with E-state index in [1.165, 1.54) is 23.9 Å². The summed E-state index contributed by atoms with van der Waals surface area (Å²) in [5.41, 5.74) is 0.567. The number of carbonyl (C=O) groups is 1. The molecule has 2 rings (SSSR count). The number of nitrogens with one attached hydrogen (secondary N) is 2. The van der Waals surface area contributed by atoms with Gasteiger partial charge in [0.1, 0.15) is 11.1 Å². The number of halogens is 1. The molecule has 0 aromatic heterocycles. The van der Waals surface area contributed by atoms with Crippen LogP contribution in [0.15, 0.2) is 23.1 Å². The van der Waals surface area contributed by atoms with Gasteiger partial charge in [-0.1, -0.05) is 0 Å². The van der Waals surface area contributed by atoms with Gasteiger partial charge in [0.05, 0.1) is 5.69 Å². The van der Waals surface area contributed by atoms with Crippen LogP contribution in [0.5, 0.6) is 0 Å².